The lowest BCUT2D eigenvalue weighted by Gasteiger charge is -2.24. The molecule has 1 N–H and O–H groups in total. The molecule has 3 rings (SSSR count). The lowest BCUT2D eigenvalue weighted by atomic mass is 10.1. The Bertz CT molecular complexity index is 1110. The van der Waals surface area contributed by atoms with E-state index >= 15 is 0 Å². The molecule has 3 aromatic rings. The van der Waals surface area contributed by atoms with Crippen LogP contribution in [0.4, 0.5) is 0 Å². The van der Waals surface area contributed by atoms with E-state index in [4.69, 9.17) is 24.1 Å². The van der Waals surface area contributed by atoms with Crippen LogP contribution >= 0.6 is 0 Å². The fraction of sp³-hybridized carbons (Fsp3) is 0.259. The summed E-state index contributed by atoms with van der Waals surface area (Å²) in [6, 6.07) is 20.2. The number of benzene rings is 3. The predicted octanol–water partition coefficient (Wildman–Crippen LogP) is 4.06. The van der Waals surface area contributed by atoms with Crippen LogP contribution in [0.25, 0.3) is 0 Å². The molecule has 0 aliphatic heterocycles. The van der Waals surface area contributed by atoms with Crippen molar-refractivity contribution in [3.05, 3.63) is 83.4 Å². The first-order valence-electron chi connectivity index (χ1n) is 11.0. The summed E-state index contributed by atoms with van der Waals surface area (Å²) in [6.45, 7) is 0.417. The Kier molecular flexibility index (Phi) is 8.95. The molecule has 0 saturated carbocycles. The quantitative estimate of drug-likeness (QED) is 0.419. The van der Waals surface area contributed by atoms with E-state index in [1.165, 1.54) is 21.3 Å². The molecule has 0 aliphatic carbocycles. The molecule has 35 heavy (non-hydrogen) atoms. The van der Waals surface area contributed by atoms with Gasteiger partial charge in [-0.2, -0.15) is 0 Å². The molecule has 0 aromatic heterocycles. The highest BCUT2D eigenvalue weighted by Gasteiger charge is 2.21. The normalized spacial score (nSPS) is 10.4. The lowest BCUT2D eigenvalue weighted by molar-refractivity contribution is -0.139. The summed E-state index contributed by atoms with van der Waals surface area (Å²) >= 11 is 0. The molecular formula is C27H29NO7. The maximum atomic E-state index is 13.6. The Morgan fingerprint density at radius 3 is 2.00 bits per heavy atom. The molecule has 0 atom stereocenters. The van der Waals surface area contributed by atoms with Crippen LogP contribution in [0.3, 0.4) is 0 Å². The minimum atomic E-state index is -1.04. The van der Waals surface area contributed by atoms with Crippen LogP contribution < -0.4 is 18.9 Å². The van der Waals surface area contributed by atoms with E-state index in [2.05, 4.69) is 0 Å². The van der Waals surface area contributed by atoms with Crippen molar-refractivity contribution in [3.8, 4) is 23.0 Å². The summed E-state index contributed by atoms with van der Waals surface area (Å²) in [5.41, 5.74) is 2.41. The fourth-order valence-corrected chi connectivity index (χ4v) is 3.60. The second-order valence-electron chi connectivity index (χ2n) is 7.70. The Morgan fingerprint density at radius 1 is 0.829 bits per heavy atom. The minimum Gasteiger partial charge on any atom is -0.493 e. The zero-order chi connectivity index (χ0) is 25.2. The first-order chi connectivity index (χ1) is 16.9. The minimum absolute atomic E-state index is 0.189. The van der Waals surface area contributed by atoms with Gasteiger partial charge in [-0.05, 0) is 41.8 Å². The van der Waals surface area contributed by atoms with Gasteiger partial charge in [0.05, 0.1) is 21.3 Å². The Hall–Kier alpha value is -4.20. The van der Waals surface area contributed by atoms with Crippen molar-refractivity contribution in [2.45, 2.75) is 13.0 Å². The van der Waals surface area contributed by atoms with Gasteiger partial charge in [0.1, 0.15) is 5.75 Å². The Labute approximate surface area is 204 Å². The molecule has 0 bridgehead atoms. The van der Waals surface area contributed by atoms with Gasteiger partial charge in [-0.3, -0.25) is 4.79 Å². The monoisotopic (exact) mass is 479 g/mol. The summed E-state index contributed by atoms with van der Waals surface area (Å²) < 4.78 is 21.4. The van der Waals surface area contributed by atoms with Gasteiger partial charge in [0.25, 0.3) is 5.91 Å². The van der Waals surface area contributed by atoms with E-state index in [0.29, 0.717) is 48.1 Å². The number of carbonyl (C=O) groups excluding carboxylic acids is 1. The van der Waals surface area contributed by atoms with Crippen LogP contribution in [0, 0.1) is 0 Å². The number of rotatable bonds is 12. The smallest absolute Gasteiger partial charge is 0.341 e. The van der Waals surface area contributed by atoms with E-state index in [-0.39, 0.29) is 5.91 Å². The van der Waals surface area contributed by atoms with Crippen molar-refractivity contribution in [1.29, 1.82) is 0 Å². The number of amides is 1. The highest BCUT2D eigenvalue weighted by atomic mass is 16.5. The number of hydrogen-bond acceptors (Lipinski definition) is 6. The van der Waals surface area contributed by atoms with Crippen LogP contribution in [-0.4, -0.2) is 56.4 Å². The third-order valence-corrected chi connectivity index (χ3v) is 5.37. The Morgan fingerprint density at radius 2 is 1.46 bits per heavy atom. The van der Waals surface area contributed by atoms with Gasteiger partial charge >= 0.3 is 5.97 Å². The average Bonchev–Trinajstić information content (AvgIpc) is 2.89. The average molecular weight is 480 g/mol. The number of aliphatic carboxylic acids is 1. The molecule has 8 nitrogen and oxygen atoms in total. The topological polar surface area (TPSA) is 94.5 Å². The van der Waals surface area contributed by atoms with E-state index in [1.807, 2.05) is 42.5 Å². The van der Waals surface area contributed by atoms with E-state index in [0.717, 1.165) is 11.1 Å². The van der Waals surface area contributed by atoms with Crippen molar-refractivity contribution < 1.29 is 33.6 Å². The zero-order valence-corrected chi connectivity index (χ0v) is 20.0. The maximum absolute atomic E-state index is 13.6. The molecule has 0 saturated heterocycles. The molecule has 0 radical (unpaired) electrons. The van der Waals surface area contributed by atoms with Crippen LogP contribution in [0.15, 0.2) is 66.7 Å². The maximum Gasteiger partial charge on any atom is 0.341 e. The van der Waals surface area contributed by atoms with Crippen molar-refractivity contribution in [1.82, 2.24) is 4.90 Å². The molecule has 0 unspecified atom stereocenters. The fourth-order valence-electron chi connectivity index (χ4n) is 3.60. The van der Waals surface area contributed by atoms with Crippen molar-refractivity contribution in [3.63, 3.8) is 0 Å². The van der Waals surface area contributed by atoms with E-state index in [1.54, 1.807) is 29.2 Å². The molecule has 0 fully saturated rings. The number of carboxylic acids is 1. The second-order valence-corrected chi connectivity index (χ2v) is 7.70. The standard InChI is InChI=1S/C27H29NO7/c1-32-23-15-21(16-24(33-2)26(23)34-3)27(31)28(14-13-19-7-5-4-6-8-19)17-20-9-11-22(12-10-20)35-18-25(29)30/h4-12,15-16H,13-14,17-18H2,1-3H3,(H,29,30). The molecule has 184 valence electrons. The Balaban J connectivity index is 1.86. The van der Waals surface area contributed by atoms with E-state index in [9.17, 15) is 9.59 Å². The number of carbonyl (C=O) groups is 2. The molecule has 0 heterocycles. The molecule has 0 aliphatic rings. The summed E-state index contributed by atoms with van der Waals surface area (Å²) in [6.07, 6.45) is 0.677. The molecule has 3 aromatic carbocycles. The summed E-state index contributed by atoms with van der Waals surface area (Å²) in [4.78, 5) is 26.1. The molecular weight excluding hydrogens is 450 g/mol. The van der Waals surface area contributed by atoms with Gasteiger partial charge in [0.2, 0.25) is 5.75 Å². The van der Waals surface area contributed by atoms with Gasteiger partial charge in [0, 0.05) is 18.7 Å². The van der Waals surface area contributed by atoms with E-state index < -0.39 is 12.6 Å². The van der Waals surface area contributed by atoms with Crippen LogP contribution in [0.5, 0.6) is 23.0 Å². The molecule has 1 amide bonds. The predicted molar refractivity (Wildman–Crippen MR) is 131 cm³/mol. The third kappa shape index (κ3) is 6.89. The van der Waals surface area contributed by atoms with Crippen molar-refractivity contribution in [2.75, 3.05) is 34.5 Å². The molecule has 8 heteroatoms. The van der Waals surface area contributed by atoms with Crippen molar-refractivity contribution in [2.24, 2.45) is 0 Å². The first-order valence-corrected chi connectivity index (χ1v) is 11.0. The largest absolute Gasteiger partial charge is 0.493 e. The number of nitrogens with zero attached hydrogens (tertiary/aromatic N) is 1. The van der Waals surface area contributed by atoms with Gasteiger partial charge in [-0.15, -0.1) is 0 Å². The number of carboxylic acid groups (broad SMARTS) is 1. The second kappa shape index (κ2) is 12.3. The lowest BCUT2D eigenvalue weighted by Crippen LogP contribution is -2.32. The first kappa shape index (κ1) is 25.4. The summed E-state index contributed by atoms with van der Waals surface area (Å²) in [5.74, 6) is 0.432. The number of ether oxygens (including phenoxy) is 4. The van der Waals surface area contributed by atoms with Crippen LogP contribution in [0.1, 0.15) is 21.5 Å². The highest BCUT2D eigenvalue weighted by molar-refractivity contribution is 5.95. The van der Waals surface area contributed by atoms with Crippen LogP contribution in [-0.2, 0) is 17.8 Å². The van der Waals surface area contributed by atoms with Crippen molar-refractivity contribution >= 4 is 11.9 Å². The third-order valence-electron chi connectivity index (χ3n) is 5.37. The summed E-state index contributed by atoms with van der Waals surface area (Å²) in [7, 11) is 4.53. The van der Waals surface area contributed by atoms with Gasteiger partial charge in [-0.25, -0.2) is 4.79 Å². The number of methoxy groups -OCH3 is 3. The van der Waals surface area contributed by atoms with Crippen LogP contribution in [0.2, 0.25) is 0 Å². The highest BCUT2D eigenvalue weighted by Crippen LogP contribution is 2.38. The zero-order valence-electron chi connectivity index (χ0n) is 20.0. The SMILES string of the molecule is COc1cc(C(=O)N(CCc2ccccc2)Cc2ccc(OCC(=O)O)cc2)cc(OC)c1OC. The van der Waals surface area contributed by atoms with Gasteiger partial charge in [0.15, 0.2) is 18.1 Å². The molecule has 0 spiro atoms. The summed E-state index contributed by atoms with van der Waals surface area (Å²) in [5, 5.41) is 8.78. The van der Waals surface area contributed by atoms with Gasteiger partial charge in [-0.1, -0.05) is 42.5 Å². The number of hydrogen-bond donors (Lipinski definition) is 1. The van der Waals surface area contributed by atoms with Gasteiger partial charge < -0.3 is 29.0 Å².